The first kappa shape index (κ1) is 8.25. The number of hydrogen-bond donors (Lipinski definition) is 2. The van der Waals surface area contributed by atoms with Crippen LogP contribution >= 0.6 is 15.9 Å². The zero-order chi connectivity index (χ0) is 9.26. The van der Waals surface area contributed by atoms with E-state index in [0.717, 1.165) is 15.9 Å². The fourth-order valence-electron chi connectivity index (χ4n) is 1.02. The van der Waals surface area contributed by atoms with E-state index >= 15 is 0 Å². The van der Waals surface area contributed by atoms with Gasteiger partial charge in [0.2, 0.25) is 0 Å². The van der Waals surface area contributed by atoms with Gasteiger partial charge < -0.3 is 5.73 Å². The van der Waals surface area contributed by atoms with Gasteiger partial charge in [0.25, 0.3) is 0 Å². The van der Waals surface area contributed by atoms with Crippen LogP contribution in [0, 0.1) is 0 Å². The smallest absolute Gasteiger partial charge is 0.145 e. The van der Waals surface area contributed by atoms with Crippen molar-refractivity contribution in [2.24, 2.45) is 0 Å². The summed E-state index contributed by atoms with van der Waals surface area (Å²) >= 11 is 3.26. The summed E-state index contributed by atoms with van der Waals surface area (Å²) in [6.45, 7) is 0. The third kappa shape index (κ3) is 1.70. The molecule has 66 valence electrons. The van der Waals surface area contributed by atoms with Crippen molar-refractivity contribution < 1.29 is 0 Å². The summed E-state index contributed by atoms with van der Waals surface area (Å²) in [7, 11) is 0. The average Bonchev–Trinajstić information content (AvgIpc) is 2.53. The molecular formula is C8H7BrN4. The lowest BCUT2D eigenvalue weighted by Gasteiger charge is -1.95. The number of nitrogens with zero attached hydrogens (tertiary/aromatic N) is 2. The van der Waals surface area contributed by atoms with Crippen molar-refractivity contribution in [3.63, 3.8) is 0 Å². The molecule has 0 amide bonds. The molecule has 0 saturated heterocycles. The second kappa shape index (κ2) is 3.18. The Morgan fingerprint density at radius 1 is 1.38 bits per heavy atom. The Balaban J connectivity index is 2.41. The minimum absolute atomic E-state index is 0.484. The number of nitrogens with two attached hydrogens (primary N) is 1. The molecular weight excluding hydrogens is 232 g/mol. The number of aromatic nitrogens is 3. The predicted octanol–water partition coefficient (Wildman–Crippen LogP) is 1.82. The Hall–Kier alpha value is -1.36. The highest BCUT2D eigenvalue weighted by atomic mass is 79.9. The molecule has 0 fully saturated rings. The van der Waals surface area contributed by atoms with E-state index < -0.39 is 0 Å². The number of aromatic amines is 1. The van der Waals surface area contributed by atoms with Crippen LogP contribution in [0.25, 0.3) is 11.3 Å². The topological polar surface area (TPSA) is 67.6 Å². The molecule has 13 heavy (non-hydrogen) atoms. The Morgan fingerprint density at radius 3 is 2.77 bits per heavy atom. The molecule has 4 nitrogen and oxygen atoms in total. The van der Waals surface area contributed by atoms with Gasteiger partial charge in [-0.05, 0) is 28.1 Å². The SMILES string of the molecule is Nc1cc(-c2ccc(Br)nc2)[nH]n1. The molecule has 0 unspecified atom stereocenters. The molecule has 5 heteroatoms. The van der Waals surface area contributed by atoms with E-state index in [1.165, 1.54) is 0 Å². The zero-order valence-electron chi connectivity index (χ0n) is 6.66. The van der Waals surface area contributed by atoms with Crippen molar-refractivity contribution in [3.8, 4) is 11.3 Å². The molecule has 2 aromatic rings. The highest BCUT2D eigenvalue weighted by molar-refractivity contribution is 9.10. The normalized spacial score (nSPS) is 10.2. The van der Waals surface area contributed by atoms with Crippen LogP contribution in [0.1, 0.15) is 0 Å². The van der Waals surface area contributed by atoms with E-state index in [0.29, 0.717) is 5.82 Å². The summed E-state index contributed by atoms with van der Waals surface area (Å²) in [5, 5.41) is 6.64. The monoisotopic (exact) mass is 238 g/mol. The zero-order valence-corrected chi connectivity index (χ0v) is 8.25. The molecule has 0 bridgehead atoms. The van der Waals surface area contributed by atoms with E-state index in [-0.39, 0.29) is 0 Å². The number of hydrogen-bond acceptors (Lipinski definition) is 3. The van der Waals surface area contributed by atoms with Crippen LogP contribution in [0.4, 0.5) is 5.82 Å². The van der Waals surface area contributed by atoms with Crippen molar-refractivity contribution in [3.05, 3.63) is 29.0 Å². The van der Waals surface area contributed by atoms with E-state index in [2.05, 4.69) is 31.1 Å². The first-order valence-electron chi connectivity index (χ1n) is 3.68. The summed E-state index contributed by atoms with van der Waals surface area (Å²) in [6.07, 6.45) is 1.75. The molecule has 2 rings (SSSR count). The maximum Gasteiger partial charge on any atom is 0.145 e. The molecule has 0 aromatic carbocycles. The Labute approximate surface area is 83.3 Å². The molecule has 0 radical (unpaired) electrons. The molecule has 0 aliphatic heterocycles. The average molecular weight is 239 g/mol. The summed E-state index contributed by atoms with van der Waals surface area (Å²) in [5.74, 6) is 0.484. The Morgan fingerprint density at radius 2 is 2.23 bits per heavy atom. The predicted molar refractivity (Wildman–Crippen MR) is 53.9 cm³/mol. The van der Waals surface area contributed by atoms with Crippen LogP contribution in [0.3, 0.4) is 0 Å². The van der Waals surface area contributed by atoms with Gasteiger partial charge in [0, 0.05) is 17.8 Å². The number of rotatable bonds is 1. The quantitative estimate of drug-likeness (QED) is 0.745. The number of H-pyrrole nitrogens is 1. The standard InChI is InChI=1S/C8H7BrN4/c9-7-2-1-5(4-11-7)6-3-8(10)13-12-6/h1-4H,(H3,10,12,13). The number of nitrogen functional groups attached to an aromatic ring is 1. The van der Waals surface area contributed by atoms with Crippen LogP contribution in [-0.4, -0.2) is 15.2 Å². The van der Waals surface area contributed by atoms with Crippen LogP contribution < -0.4 is 5.73 Å². The molecule has 0 atom stereocenters. The van der Waals surface area contributed by atoms with E-state index in [1.807, 2.05) is 12.1 Å². The highest BCUT2D eigenvalue weighted by Gasteiger charge is 2.00. The number of pyridine rings is 1. The molecule has 0 saturated carbocycles. The van der Waals surface area contributed by atoms with Crippen molar-refractivity contribution in [2.75, 3.05) is 5.73 Å². The molecule has 2 aromatic heterocycles. The molecule has 2 heterocycles. The van der Waals surface area contributed by atoms with Crippen LogP contribution in [0.15, 0.2) is 29.0 Å². The van der Waals surface area contributed by atoms with Crippen molar-refractivity contribution >= 4 is 21.7 Å². The maximum atomic E-state index is 5.47. The van der Waals surface area contributed by atoms with Gasteiger partial charge in [-0.1, -0.05) is 0 Å². The van der Waals surface area contributed by atoms with Gasteiger partial charge in [-0.15, -0.1) is 0 Å². The van der Waals surface area contributed by atoms with Gasteiger partial charge in [-0.3, -0.25) is 5.10 Å². The second-order valence-electron chi connectivity index (χ2n) is 2.58. The molecule has 0 aliphatic rings. The van der Waals surface area contributed by atoms with Crippen molar-refractivity contribution in [1.82, 2.24) is 15.2 Å². The molecule has 3 N–H and O–H groups in total. The van der Waals surface area contributed by atoms with Gasteiger partial charge in [0.15, 0.2) is 0 Å². The van der Waals surface area contributed by atoms with Crippen LogP contribution in [0.5, 0.6) is 0 Å². The van der Waals surface area contributed by atoms with Gasteiger partial charge in [-0.25, -0.2) is 4.98 Å². The van der Waals surface area contributed by atoms with Crippen molar-refractivity contribution in [2.45, 2.75) is 0 Å². The van der Waals surface area contributed by atoms with E-state index in [4.69, 9.17) is 5.73 Å². The first-order chi connectivity index (χ1) is 6.25. The van der Waals surface area contributed by atoms with E-state index in [1.54, 1.807) is 12.3 Å². The first-order valence-corrected chi connectivity index (χ1v) is 4.48. The van der Waals surface area contributed by atoms with E-state index in [9.17, 15) is 0 Å². The summed E-state index contributed by atoms with van der Waals surface area (Å²) in [5.41, 5.74) is 7.31. The fourth-order valence-corrected chi connectivity index (χ4v) is 1.25. The maximum absolute atomic E-state index is 5.47. The van der Waals surface area contributed by atoms with Gasteiger partial charge >= 0.3 is 0 Å². The molecule has 0 spiro atoms. The second-order valence-corrected chi connectivity index (χ2v) is 3.39. The number of halogens is 1. The lowest BCUT2D eigenvalue weighted by atomic mass is 10.2. The lowest BCUT2D eigenvalue weighted by molar-refractivity contribution is 1.10. The summed E-state index contributed by atoms with van der Waals surface area (Å²) in [6, 6.07) is 5.57. The van der Waals surface area contributed by atoms with Crippen LogP contribution in [0.2, 0.25) is 0 Å². The number of anilines is 1. The minimum Gasteiger partial charge on any atom is -0.382 e. The molecule has 0 aliphatic carbocycles. The number of nitrogens with one attached hydrogen (secondary N) is 1. The third-order valence-electron chi connectivity index (χ3n) is 1.64. The largest absolute Gasteiger partial charge is 0.382 e. The fraction of sp³-hybridized carbons (Fsp3) is 0. The van der Waals surface area contributed by atoms with Crippen LogP contribution in [-0.2, 0) is 0 Å². The minimum atomic E-state index is 0.484. The van der Waals surface area contributed by atoms with Gasteiger partial charge in [-0.2, -0.15) is 5.10 Å². The van der Waals surface area contributed by atoms with Crippen molar-refractivity contribution in [1.29, 1.82) is 0 Å². The summed E-state index contributed by atoms with van der Waals surface area (Å²) < 4.78 is 0.809. The Kier molecular flexibility index (Phi) is 2.02. The van der Waals surface area contributed by atoms with Gasteiger partial charge in [0.1, 0.15) is 10.4 Å². The summed E-state index contributed by atoms with van der Waals surface area (Å²) in [4.78, 5) is 4.09. The highest BCUT2D eigenvalue weighted by Crippen LogP contribution is 2.18. The third-order valence-corrected chi connectivity index (χ3v) is 2.11. The van der Waals surface area contributed by atoms with Gasteiger partial charge in [0.05, 0.1) is 5.69 Å². The Bertz CT molecular complexity index is 406. The lowest BCUT2D eigenvalue weighted by Crippen LogP contribution is -1.81.